The second kappa shape index (κ2) is 9.35. The second-order valence-electron chi connectivity index (χ2n) is 7.37. The molecule has 1 aliphatic rings. The molecule has 11 heteroatoms. The summed E-state index contributed by atoms with van der Waals surface area (Å²) in [5.74, 6) is 0. The number of nitrogens with zero attached hydrogens (tertiary/aromatic N) is 5. The Balaban J connectivity index is 1.58. The Morgan fingerprint density at radius 3 is 2.81 bits per heavy atom. The van der Waals surface area contributed by atoms with Gasteiger partial charge in [0.05, 0.1) is 23.0 Å². The molecule has 1 N–H and O–H groups in total. The van der Waals surface area contributed by atoms with Crippen molar-refractivity contribution in [3.63, 3.8) is 0 Å². The van der Waals surface area contributed by atoms with Crippen molar-refractivity contribution in [2.24, 2.45) is 0 Å². The van der Waals surface area contributed by atoms with Gasteiger partial charge in [0.15, 0.2) is 0 Å². The van der Waals surface area contributed by atoms with E-state index in [0.717, 1.165) is 24.5 Å². The van der Waals surface area contributed by atoms with E-state index in [2.05, 4.69) is 20.4 Å². The predicted octanol–water partition coefficient (Wildman–Crippen LogP) is 3.89. The summed E-state index contributed by atoms with van der Waals surface area (Å²) in [5.41, 5.74) is -0.371. The van der Waals surface area contributed by atoms with E-state index in [1.165, 1.54) is 34.4 Å². The van der Waals surface area contributed by atoms with Crippen LogP contribution in [0.3, 0.4) is 0 Å². The molecule has 1 saturated heterocycles. The third-order valence-corrected chi connectivity index (χ3v) is 5.06. The molecule has 0 unspecified atom stereocenters. The quantitative estimate of drug-likeness (QED) is 0.621. The molecule has 0 bridgehead atoms. The number of benzene rings is 1. The van der Waals surface area contributed by atoms with Crippen LogP contribution in [0.5, 0.6) is 0 Å². The summed E-state index contributed by atoms with van der Waals surface area (Å²) in [4.78, 5) is 22.3. The van der Waals surface area contributed by atoms with Crippen LogP contribution in [0.25, 0.3) is 5.69 Å². The van der Waals surface area contributed by atoms with Gasteiger partial charge in [-0.25, -0.2) is 14.5 Å². The molecule has 8 nitrogen and oxygen atoms in total. The summed E-state index contributed by atoms with van der Waals surface area (Å²) in [6.07, 6.45) is 2.59. The highest BCUT2D eigenvalue weighted by Gasteiger charge is 2.35. The predicted molar refractivity (Wildman–Crippen MR) is 109 cm³/mol. The molecule has 0 radical (unpaired) electrons. The highest BCUT2D eigenvalue weighted by molar-refractivity contribution is 5.90. The Labute approximate surface area is 182 Å². The van der Waals surface area contributed by atoms with Gasteiger partial charge in [-0.1, -0.05) is 6.07 Å². The van der Waals surface area contributed by atoms with Crippen LogP contribution in [0.4, 0.5) is 23.7 Å². The van der Waals surface area contributed by atoms with Crippen LogP contribution in [0.1, 0.15) is 24.0 Å². The van der Waals surface area contributed by atoms with Gasteiger partial charge in [-0.3, -0.25) is 4.98 Å². The maximum Gasteiger partial charge on any atom is 0.418 e. The van der Waals surface area contributed by atoms with Crippen LogP contribution >= 0.6 is 0 Å². The fraction of sp³-hybridized carbons (Fsp3) is 0.333. The summed E-state index contributed by atoms with van der Waals surface area (Å²) >= 11 is 0. The minimum Gasteiger partial charge on any atom is -0.376 e. The molecule has 3 aromatic rings. The van der Waals surface area contributed by atoms with Crippen LogP contribution in [0.15, 0.2) is 55.4 Å². The van der Waals surface area contributed by atoms with Crippen molar-refractivity contribution >= 4 is 11.7 Å². The van der Waals surface area contributed by atoms with Crippen molar-refractivity contribution in [3.05, 3.63) is 66.5 Å². The van der Waals surface area contributed by atoms with Gasteiger partial charge in [-0.05, 0) is 42.7 Å². The van der Waals surface area contributed by atoms with Crippen molar-refractivity contribution in [1.82, 2.24) is 24.6 Å². The topological polar surface area (TPSA) is 85.2 Å². The van der Waals surface area contributed by atoms with Gasteiger partial charge >= 0.3 is 12.2 Å². The highest BCUT2D eigenvalue weighted by Crippen LogP contribution is 2.36. The van der Waals surface area contributed by atoms with Gasteiger partial charge < -0.3 is 15.0 Å². The second-order valence-corrected chi connectivity index (χ2v) is 7.37. The van der Waals surface area contributed by atoms with Gasteiger partial charge in [-0.15, -0.1) is 0 Å². The van der Waals surface area contributed by atoms with E-state index in [0.29, 0.717) is 6.61 Å². The van der Waals surface area contributed by atoms with Gasteiger partial charge in [0.1, 0.15) is 12.7 Å². The molecular formula is C21H21F3N6O2. The van der Waals surface area contributed by atoms with E-state index in [1.807, 2.05) is 0 Å². The molecule has 1 aromatic carbocycles. The zero-order valence-electron chi connectivity index (χ0n) is 17.0. The van der Waals surface area contributed by atoms with Crippen LogP contribution in [0.2, 0.25) is 0 Å². The number of halogens is 3. The van der Waals surface area contributed by atoms with Crippen LogP contribution < -0.4 is 5.32 Å². The molecule has 4 rings (SSSR count). The summed E-state index contributed by atoms with van der Waals surface area (Å²) in [6, 6.07) is 6.47. The molecule has 1 fully saturated rings. The first-order valence-corrected chi connectivity index (χ1v) is 10.0. The molecular weight excluding hydrogens is 425 g/mol. The van der Waals surface area contributed by atoms with Crippen molar-refractivity contribution in [3.8, 4) is 5.69 Å². The van der Waals surface area contributed by atoms with E-state index in [4.69, 9.17) is 4.74 Å². The Morgan fingerprint density at radius 2 is 2.16 bits per heavy atom. The zero-order chi connectivity index (χ0) is 22.6. The molecule has 0 aliphatic carbocycles. The van der Waals surface area contributed by atoms with Gasteiger partial charge in [0.2, 0.25) is 0 Å². The lowest BCUT2D eigenvalue weighted by atomic mass is 10.1. The monoisotopic (exact) mass is 446 g/mol. The number of urea groups is 1. The van der Waals surface area contributed by atoms with Crippen LogP contribution in [-0.4, -0.2) is 49.9 Å². The summed E-state index contributed by atoms with van der Waals surface area (Å²) in [7, 11) is 0. The summed E-state index contributed by atoms with van der Waals surface area (Å²) in [5, 5.41) is 6.29. The number of alkyl halides is 3. The molecule has 2 aromatic heterocycles. The smallest absolute Gasteiger partial charge is 0.376 e. The fourth-order valence-corrected chi connectivity index (χ4v) is 3.52. The maximum atomic E-state index is 13.8. The van der Waals surface area contributed by atoms with Crippen molar-refractivity contribution < 1.29 is 22.7 Å². The van der Waals surface area contributed by atoms with Gasteiger partial charge in [0, 0.05) is 32.1 Å². The van der Waals surface area contributed by atoms with Crippen LogP contribution in [0, 0.1) is 0 Å². The number of amides is 2. The average molecular weight is 446 g/mol. The Hall–Kier alpha value is -3.47. The lowest BCUT2D eigenvalue weighted by Crippen LogP contribution is -2.40. The molecule has 0 spiro atoms. The molecule has 32 heavy (non-hydrogen) atoms. The number of nitrogens with one attached hydrogen (secondary N) is 1. The van der Waals surface area contributed by atoms with E-state index < -0.39 is 17.8 Å². The minimum atomic E-state index is -4.68. The normalized spacial score (nSPS) is 16.2. The number of pyridine rings is 1. The number of aromatic nitrogens is 4. The first-order chi connectivity index (χ1) is 15.4. The maximum absolute atomic E-state index is 13.8. The number of carbonyl (C=O) groups is 1. The number of rotatable bonds is 6. The van der Waals surface area contributed by atoms with E-state index in [-0.39, 0.29) is 30.6 Å². The number of carbonyl (C=O) groups excluding carboxylic acids is 1. The first kappa shape index (κ1) is 21.8. The molecule has 168 valence electrons. The number of anilines is 1. The SMILES string of the molecule is O=C(Nc1ccc(-n2cncn2)cc1C(F)(F)F)N(Cc1cccnc1)C[C@@H]1CCCO1. The van der Waals surface area contributed by atoms with Crippen molar-refractivity contribution in [1.29, 1.82) is 0 Å². The number of hydrogen-bond donors (Lipinski definition) is 1. The fourth-order valence-electron chi connectivity index (χ4n) is 3.52. The molecule has 2 amide bonds. The Kier molecular flexibility index (Phi) is 6.35. The molecule has 1 atom stereocenters. The van der Waals surface area contributed by atoms with Crippen LogP contribution in [-0.2, 0) is 17.5 Å². The van der Waals surface area contributed by atoms with E-state index in [9.17, 15) is 18.0 Å². The first-order valence-electron chi connectivity index (χ1n) is 10.0. The number of ether oxygens (including phenoxy) is 1. The van der Waals surface area contributed by atoms with Crippen molar-refractivity contribution in [2.75, 3.05) is 18.5 Å². The summed E-state index contributed by atoms with van der Waals surface area (Å²) < 4.78 is 48.1. The number of hydrogen-bond acceptors (Lipinski definition) is 5. The average Bonchev–Trinajstić information content (AvgIpc) is 3.48. The molecule has 0 saturated carbocycles. The van der Waals surface area contributed by atoms with Gasteiger partial charge in [0.25, 0.3) is 0 Å². The zero-order valence-corrected chi connectivity index (χ0v) is 17.0. The summed E-state index contributed by atoms with van der Waals surface area (Å²) in [6.45, 7) is 1.06. The third-order valence-electron chi connectivity index (χ3n) is 5.06. The minimum absolute atomic E-state index is 0.158. The van der Waals surface area contributed by atoms with Gasteiger partial charge in [-0.2, -0.15) is 18.3 Å². The third kappa shape index (κ3) is 5.22. The Morgan fingerprint density at radius 1 is 1.28 bits per heavy atom. The Bertz CT molecular complexity index is 1040. The van der Waals surface area contributed by atoms with Crippen molar-refractivity contribution in [2.45, 2.75) is 31.7 Å². The standard InChI is InChI=1S/C21H21F3N6O2/c22-21(23,24)18-9-16(30-14-26-13-27-30)5-6-19(18)28-20(31)29(12-17-4-2-8-32-17)11-15-3-1-7-25-10-15/h1,3,5-7,9-10,13-14,17H,2,4,8,11-12H2,(H,28,31)/t17-/m0/s1. The molecule has 3 heterocycles. The van der Waals surface area contributed by atoms with E-state index >= 15 is 0 Å². The van der Waals surface area contributed by atoms with E-state index in [1.54, 1.807) is 24.5 Å². The molecule has 1 aliphatic heterocycles. The lowest BCUT2D eigenvalue weighted by molar-refractivity contribution is -0.136. The largest absolute Gasteiger partial charge is 0.418 e. The highest BCUT2D eigenvalue weighted by atomic mass is 19.4. The lowest BCUT2D eigenvalue weighted by Gasteiger charge is -2.26.